The molecule has 84 valence electrons. The molecule has 0 radical (unpaired) electrons. The summed E-state index contributed by atoms with van der Waals surface area (Å²) >= 11 is 7.90. The fourth-order valence-electron chi connectivity index (χ4n) is 1.26. The van der Waals surface area contributed by atoms with Crippen LogP contribution in [0.15, 0.2) is 52.1 Å². The fraction of sp³-hybridized carbons (Fsp3) is 0. The highest BCUT2D eigenvalue weighted by Crippen LogP contribution is 2.19. The van der Waals surface area contributed by atoms with Gasteiger partial charge in [0.05, 0.1) is 17.0 Å². The van der Waals surface area contributed by atoms with Crippen molar-refractivity contribution in [1.29, 1.82) is 0 Å². The number of pyridine rings is 1. The van der Waals surface area contributed by atoms with Crippen LogP contribution < -0.4 is 5.32 Å². The Balaban J connectivity index is 2.13. The predicted octanol–water partition coefficient (Wildman–Crippen LogP) is 4.32. The SMILES string of the molecule is S=C=Nc1ccc(Nc2ccc(Br)cc2)nc1. The minimum Gasteiger partial charge on any atom is -0.340 e. The second-order valence-electron chi connectivity index (χ2n) is 3.24. The van der Waals surface area contributed by atoms with E-state index in [0.29, 0.717) is 5.69 Å². The summed E-state index contributed by atoms with van der Waals surface area (Å²) in [5.74, 6) is 0.760. The van der Waals surface area contributed by atoms with Crippen LogP contribution in [0, 0.1) is 0 Å². The third-order valence-corrected chi connectivity index (χ3v) is 2.66. The summed E-state index contributed by atoms with van der Waals surface area (Å²) in [6.45, 7) is 0. The van der Waals surface area contributed by atoms with Crippen molar-refractivity contribution in [2.75, 3.05) is 5.32 Å². The lowest BCUT2D eigenvalue weighted by Gasteiger charge is -2.05. The summed E-state index contributed by atoms with van der Waals surface area (Å²) in [6, 6.07) is 11.5. The van der Waals surface area contributed by atoms with Gasteiger partial charge in [0.1, 0.15) is 5.82 Å². The molecule has 17 heavy (non-hydrogen) atoms. The topological polar surface area (TPSA) is 37.3 Å². The van der Waals surface area contributed by atoms with Gasteiger partial charge in [0.2, 0.25) is 0 Å². The Morgan fingerprint density at radius 1 is 1.18 bits per heavy atom. The standard InChI is InChI=1S/C12H8BrN3S/c13-9-1-3-10(4-2-9)16-12-6-5-11(7-14-12)15-8-17/h1-7H,(H,14,16). The second kappa shape index (κ2) is 5.68. The number of rotatable bonds is 3. The van der Waals surface area contributed by atoms with E-state index in [4.69, 9.17) is 0 Å². The maximum Gasteiger partial charge on any atom is 0.130 e. The molecule has 0 spiro atoms. The van der Waals surface area contributed by atoms with Crippen LogP contribution in [0.5, 0.6) is 0 Å². The number of anilines is 2. The molecule has 2 rings (SSSR count). The maximum absolute atomic E-state index is 4.52. The van der Waals surface area contributed by atoms with E-state index in [-0.39, 0.29) is 0 Å². The number of nitrogens with zero attached hydrogens (tertiary/aromatic N) is 2. The third-order valence-electron chi connectivity index (χ3n) is 2.04. The molecule has 2 aromatic rings. The van der Waals surface area contributed by atoms with Crippen molar-refractivity contribution in [1.82, 2.24) is 4.98 Å². The van der Waals surface area contributed by atoms with E-state index in [0.717, 1.165) is 16.0 Å². The number of thiocarbonyl (C=S) groups is 1. The smallest absolute Gasteiger partial charge is 0.130 e. The lowest BCUT2D eigenvalue weighted by molar-refractivity contribution is 1.29. The summed E-state index contributed by atoms with van der Waals surface area (Å²) in [6.07, 6.45) is 1.64. The van der Waals surface area contributed by atoms with E-state index >= 15 is 0 Å². The summed E-state index contributed by atoms with van der Waals surface area (Å²) < 4.78 is 1.04. The molecule has 0 saturated heterocycles. The van der Waals surface area contributed by atoms with E-state index < -0.39 is 0 Å². The monoisotopic (exact) mass is 305 g/mol. The zero-order valence-electron chi connectivity index (χ0n) is 8.72. The molecular weight excluding hydrogens is 298 g/mol. The van der Waals surface area contributed by atoms with Crippen LogP contribution in [-0.2, 0) is 0 Å². The van der Waals surface area contributed by atoms with Crippen LogP contribution in [0.3, 0.4) is 0 Å². The number of hydrogen-bond donors (Lipinski definition) is 1. The van der Waals surface area contributed by atoms with Crippen molar-refractivity contribution < 1.29 is 0 Å². The van der Waals surface area contributed by atoms with Gasteiger partial charge in [0.25, 0.3) is 0 Å². The van der Waals surface area contributed by atoms with Gasteiger partial charge in [-0.05, 0) is 48.6 Å². The van der Waals surface area contributed by atoms with Crippen molar-refractivity contribution in [3.63, 3.8) is 0 Å². The molecule has 0 aliphatic carbocycles. The number of hydrogen-bond acceptors (Lipinski definition) is 4. The molecule has 1 heterocycles. The Labute approximate surface area is 113 Å². The molecule has 0 aliphatic heterocycles. The molecule has 1 aromatic heterocycles. The summed E-state index contributed by atoms with van der Waals surface area (Å²) in [5.41, 5.74) is 1.67. The van der Waals surface area contributed by atoms with E-state index in [1.54, 1.807) is 6.20 Å². The molecule has 0 amide bonds. The first-order chi connectivity index (χ1) is 8.28. The maximum atomic E-state index is 4.52. The van der Waals surface area contributed by atoms with Crippen molar-refractivity contribution in [3.05, 3.63) is 47.1 Å². The van der Waals surface area contributed by atoms with E-state index in [2.05, 4.69) is 48.6 Å². The van der Waals surface area contributed by atoms with Gasteiger partial charge in [-0.25, -0.2) is 4.98 Å². The first kappa shape index (κ1) is 11.9. The third kappa shape index (κ3) is 3.46. The Morgan fingerprint density at radius 3 is 2.53 bits per heavy atom. The minimum atomic E-state index is 0.696. The van der Waals surface area contributed by atoms with Crippen LogP contribution in [0.2, 0.25) is 0 Å². The Morgan fingerprint density at radius 2 is 1.94 bits per heavy atom. The largest absolute Gasteiger partial charge is 0.340 e. The highest BCUT2D eigenvalue weighted by atomic mass is 79.9. The number of nitrogens with one attached hydrogen (secondary N) is 1. The lowest BCUT2D eigenvalue weighted by atomic mass is 10.3. The molecule has 0 fully saturated rings. The molecular formula is C12H8BrN3S. The summed E-state index contributed by atoms with van der Waals surface area (Å²) in [4.78, 5) is 8.05. The zero-order valence-corrected chi connectivity index (χ0v) is 11.1. The molecule has 3 nitrogen and oxygen atoms in total. The molecule has 0 aliphatic rings. The lowest BCUT2D eigenvalue weighted by Crippen LogP contribution is -1.91. The number of isothiocyanates is 1. The fourth-order valence-corrected chi connectivity index (χ4v) is 1.63. The Bertz CT molecular complexity index is 545. The van der Waals surface area contributed by atoms with Crippen LogP contribution in [0.4, 0.5) is 17.2 Å². The Kier molecular flexibility index (Phi) is 3.98. The predicted molar refractivity (Wildman–Crippen MR) is 76.3 cm³/mol. The highest BCUT2D eigenvalue weighted by Gasteiger charge is 1.96. The summed E-state index contributed by atoms with van der Waals surface area (Å²) in [7, 11) is 0. The van der Waals surface area contributed by atoms with Gasteiger partial charge in [-0.3, -0.25) is 0 Å². The van der Waals surface area contributed by atoms with E-state index in [1.807, 2.05) is 36.4 Å². The van der Waals surface area contributed by atoms with Gasteiger partial charge in [-0.2, -0.15) is 4.99 Å². The molecule has 0 saturated carbocycles. The van der Waals surface area contributed by atoms with Crippen LogP contribution in [-0.4, -0.2) is 10.1 Å². The average Bonchev–Trinajstić information content (AvgIpc) is 2.35. The van der Waals surface area contributed by atoms with Crippen molar-refractivity contribution in [2.24, 2.45) is 4.99 Å². The van der Waals surface area contributed by atoms with Gasteiger partial charge in [0, 0.05) is 10.2 Å². The van der Waals surface area contributed by atoms with Crippen LogP contribution in [0.25, 0.3) is 0 Å². The number of aromatic nitrogens is 1. The first-order valence-corrected chi connectivity index (χ1v) is 6.04. The zero-order chi connectivity index (χ0) is 12.1. The Hall–Kier alpha value is -1.55. The first-order valence-electron chi connectivity index (χ1n) is 4.84. The average molecular weight is 306 g/mol. The van der Waals surface area contributed by atoms with Gasteiger partial charge in [-0.15, -0.1) is 0 Å². The summed E-state index contributed by atoms with van der Waals surface area (Å²) in [5, 5.41) is 5.48. The minimum absolute atomic E-state index is 0.696. The second-order valence-corrected chi connectivity index (χ2v) is 4.33. The van der Waals surface area contributed by atoms with Crippen LogP contribution >= 0.6 is 28.1 Å². The number of benzene rings is 1. The quantitative estimate of drug-likeness (QED) is 0.678. The molecule has 1 aromatic carbocycles. The van der Waals surface area contributed by atoms with Crippen LogP contribution in [0.1, 0.15) is 0 Å². The molecule has 5 heteroatoms. The molecule has 0 bridgehead atoms. The van der Waals surface area contributed by atoms with Crippen molar-refractivity contribution >= 4 is 50.5 Å². The molecule has 0 atom stereocenters. The highest BCUT2D eigenvalue weighted by molar-refractivity contribution is 9.10. The van der Waals surface area contributed by atoms with Gasteiger partial charge >= 0.3 is 0 Å². The normalized spacial score (nSPS) is 9.47. The van der Waals surface area contributed by atoms with E-state index in [1.165, 1.54) is 0 Å². The number of halogens is 1. The van der Waals surface area contributed by atoms with E-state index in [9.17, 15) is 0 Å². The van der Waals surface area contributed by atoms with Gasteiger partial charge in [0.15, 0.2) is 0 Å². The van der Waals surface area contributed by atoms with Crippen molar-refractivity contribution in [3.8, 4) is 0 Å². The van der Waals surface area contributed by atoms with Gasteiger partial charge in [-0.1, -0.05) is 15.9 Å². The number of aliphatic imine (C=N–C) groups is 1. The molecule has 1 N–H and O–H groups in total. The molecule has 0 unspecified atom stereocenters. The van der Waals surface area contributed by atoms with Gasteiger partial charge < -0.3 is 5.32 Å². The van der Waals surface area contributed by atoms with Crippen molar-refractivity contribution in [2.45, 2.75) is 0 Å².